The Kier molecular flexibility index (Phi) is 7.59. The van der Waals surface area contributed by atoms with E-state index in [4.69, 9.17) is 9.47 Å². The molecule has 0 aromatic heterocycles. The number of halogens is 1. The van der Waals surface area contributed by atoms with Gasteiger partial charge in [0.2, 0.25) is 5.75 Å². The molecule has 0 aliphatic carbocycles. The van der Waals surface area contributed by atoms with Crippen LogP contribution in [0.4, 0.5) is 10.1 Å². The summed E-state index contributed by atoms with van der Waals surface area (Å²) in [6.45, 7) is 5.21. The monoisotopic (exact) mass is 459 g/mol. The van der Waals surface area contributed by atoms with Gasteiger partial charge in [-0.15, -0.1) is 0 Å². The van der Waals surface area contributed by atoms with Crippen molar-refractivity contribution in [1.82, 2.24) is 9.80 Å². The topological polar surface area (TPSA) is 102 Å². The number of aldehydes is 1. The number of rotatable bonds is 8. The molecule has 1 aliphatic rings. The normalized spacial score (nSPS) is 18.6. The third-order valence-corrected chi connectivity index (χ3v) is 5.68. The number of nitro groups is 1. The highest BCUT2D eigenvalue weighted by Crippen LogP contribution is 2.38. The van der Waals surface area contributed by atoms with Crippen LogP contribution in [0.2, 0.25) is 0 Å². The fourth-order valence-electron chi connectivity index (χ4n) is 3.92. The van der Waals surface area contributed by atoms with E-state index in [-0.39, 0.29) is 40.9 Å². The van der Waals surface area contributed by atoms with Gasteiger partial charge in [-0.2, -0.15) is 0 Å². The number of nitro benzene ring substituents is 1. The van der Waals surface area contributed by atoms with Crippen LogP contribution >= 0.6 is 0 Å². The quantitative estimate of drug-likeness (QED) is 0.340. The predicted molar refractivity (Wildman–Crippen MR) is 118 cm³/mol. The summed E-state index contributed by atoms with van der Waals surface area (Å²) in [7, 11) is 1.30. The summed E-state index contributed by atoms with van der Waals surface area (Å²) in [4.78, 5) is 38.6. The predicted octanol–water partition coefficient (Wildman–Crippen LogP) is 3.06. The van der Waals surface area contributed by atoms with E-state index in [9.17, 15) is 24.1 Å². The Labute approximate surface area is 190 Å². The van der Waals surface area contributed by atoms with Crippen molar-refractivity contribution in [2.45, 2.75) is 32.5 Å². The molecule has 2 atom stereocenters. The average molecular weight is 459 g/mol. The largest absolute Gasteiger partial charge is 0.493 e. The Morgan fingerprint density at radius 2 is 1.91 bits per heavy atom. The van der Waals surface area contributed by atoms with Crippen molar-refractivity contribution in [2.24, 2.45) is 0 Å². The number of amides is 1. The molecule has 1 fully saturated rings. The Morgan fingerprint density at radius 1 is 1.21 bits per heavy atom. The van der Waals surface area contributed by atoms with Crippen LogP contribution in [0.3, 0.4) is 0 Å². The molecule has 3 rings (SSSR count). The smallest absolute Gasteiger partial charge is 0.315 e. The first-order valence-corrected chi connectivity index (χ1v) is 10.5. The van der Waals surface area contributed by atoms with Gasteiger partial charge in [0, 0.05) is 43.3 Å². The van der Waals surface area contributed by atoms with E-state index in [0.717, 1.165) is 11.6 Å². The molecule has 1 saturated heterocycles. The van der Waals surface area contributed by atoms with E-state index < -0.39 is 17.2 Å². The molecule has 176 valence electrons. The van der Waals surface area contributed by atoms with Crippen LogP contribution in [0.1, 0.15) is 29.8 Å². The fourth-order valence-corrected chi connectivity index (χ4v) is 3.92. The van der Waals surface area contributed by atoms with Gasteiger partial charge in [-0.05, 0) is 37.6 Å². The molecule has 1 aliphatic heterocycles. The third kappa shape index (κ3) is 5.64. The number of carbonyl (C=O) groups is 2. The summed E-state index contributed by atoms with van der Waals surface area (Å²) in [6.07, 6.45) is 0.471. The first-order chi connectivity index (χ1) is 15.7. The number of hydrogen-bond acceptors (Lipinski definition) is 7. The van der Waals surface area contributed by atoms with Crippen molar-refractivity contribution in [2.75, 3.05) is 26.8 Å². The van der Waals surface area contributed by atoms with Gasteiger partial charge < -0.3 is 14.4 Å². The van der Waals surface area contributed by atoms with Gasteiger partial charge in [-0.25, -0.2) is 4.39 Å². The molecule has 2 aromatic rings. The van der Waals surface area contributed by atoms with Crippen molar-refractivity contribution in [3.63, 3.8) is 0 Å². The Bertz CT molecular complexity index is 1030. The molecule has 10 heteroatoms. The third-order valence-electron chi connectivity index (χ3n) is 5.68. The Morgan fingerprint density at radius 3 is 2.52 bits per heavy atom. The van der Waals surface area contributed by atoms with E-state index in [1.165, 1.54) is 25.3 Å². The first kappa shape index (κ1) is 24.1. The minimum atomic E-state index is -0.686. The molecule has 1 heterocycles. The molecule has 0 bridgehead atoms. The Balaban J connectivity index is 1.67. The minimum Gasteiger partial charge on any atom is -0.493 e. The van der Waals surface area contributed by atoms with Crippen molar-refractivity contribution in [1.29, 1.82) is 0 Å². The van der Waals surface area contributed by atoms with Gasteiger partial charge in [-0.3, -0.25) is 24.6 Å². The molecule has 0 unspecified atom stereocenters. The second-order valence-corrected chi connectivity index (χ2v) is 8.04. The van der Waals surface area contributed by atoms with Crippen LogP contribution in [0.5, 0.6) is 11.5 Å². The number of piperazine rings is 1. The van der Waals surface area contributed by atoms with Crippen LogP contribution < -0.4 is 9.47 Å². The number of benzene rings is 2. The van der Waals surface area contributed by atoms with Crippen LogP contribution in [0.25, 0.3) is 0 Å². The molecule has 9 nitrogen and oxygen atoms in total. The molecule has 0 N–H and O–H groups in total. The van der Waals surface area contributed by atoms with E-state index in [1.807, 2.05) is 13.8 Å². The lowest BCUT2D eigenvalue weighted by molar-refractivity contribution is -0.385. The van der Waals surface area contributed by atoms with Crippen LogP contribution in [-0.2, 0) is 11.3 Å². The maximum absolute atomic E-state index is 13.2. The Hall–Kier alpha value is -3.53. The molecular weight excluding hydrogens is 433 g/mol. The van der Waals surface area contributed by atoms with Crippen LogP contribution in [0.15, 0.2) is 36.4 Å². The van der Waals surface area contributed by atoms with Gasteiger partial charge in [0.15, 0.2) is 12.4 Å². The van der Waals surface area contributed by atoms with Gasteiger partial charge in [0.25, 0.3) is 5.91 Å². The summed E-state index contributed by atoms with van der Waals surface area (Å²) in [5, 5.41) is 11.4. The molecular formula is C23H26FN3O6. The lowest BCUT2D eigenvalue weighted by Crippen LogP contribution is -2.58. The highest BCUT2D eigenvalue weighted by Gasteiger charge is 2.33. The van der Waals surface area contributed by atoms with E-state index in [1.54, 1.807) is 17.0 Å². The van der Waals surface area contributed by atoms with Gasteiger partial charge in [0.05, 0.1) is 12.0 Å². The maximum atomic E-state index is 13.2. The number of hydrogen-bond donors (Lipinski definition) is 0. The molecule has 2 aromatic carbocycles. The van der Waals surface area contributed by atoms with Crippen LogP contribution in [-0.4, -0.2) is 65.8 Å². The summed E-state index contributed by atoms with van der Waals surface area (Å²) in [6, 6.07) is 8.67. The summed E-state index contributed by atoms with van der Waals surface area (Å²) in [5.74, 6) is -0.790. The number of nitrogens with zero attached hydrogens (tertiary/aromatic N) is 3. The highest BCUT2D eigenvalue weighted by molar-refractivity contribution is 5.81. The van der Waals surface area contributed by atoms with Crippen molar-refractivity contribution in [3.05, 3.63) is 63.5 Å². The number of methoxy groups -OCH3 is 1. The summed E-state index contributed by atoms with van der Waals surface area (Å²) in [5.41, 5.74) is 0.600. The fraction of sp³-hybridized carbons (Fsp3) is 0.391. The zero-order valence-corrected chi connectivity index (χ0v) is 18.7. The van der Waals surface area contributed by atoms with E-state index in [2.05, 4.69) is 4.90 Å². The number of carbonyl (C=O) groups excluding carboxylic acids is 2. The lowest BCUT2D eigenvalue weighted by atomic mass is 10.1. The second kappa shape index (κ2) is 10.4. The van der Waals surface area contributed by atoms with E-state index in [0.29, 0.717) is 25.9 Å². The van der Waals surface area contributed by atoms with E-state index >= 15 is 0 Å². The maximum Gasteiger partial charge on any atom is 0.315 e. The second-order valence-electron chi connectivity index (χ2n) is 8.04. The SMILES string of the molecule is COc1cc(C=O)cc([N+](=O)[O-])c1OCC(=O)N1C[C@@H](C)N(Cc2ccc(F)cc2)C[C@@H]1C. The minimum absolute atomic E-state index is 0.00429. The standard InChI is InChI=1S/C23H26FN3O6/c1-15-11-26(16(2)10-25(15)12-17-4-6-19(24)7-5-17)22(29)14-33-23-20(27(30)31)8-18(13-28)9-21(23)32-3/h4-9,13,15-16H,10-12,14H2,1-3H3/t15-,16+/m1/s1. The molecule has 33 heavy (non-hydrogen) atoms. The molecule has 1 amide bonds. The van der Waals surface area contributed by atoms with Crippen molar-refractivity contribution in [3.8, 4) is 11.5 Å². The average Bonchev–Trinajstić information content (AvgIpc) is 2.80. The van der Waals surface area contributed by atoms with Crippen molar-refractivity contribution < 1.29 is 28.4 Å². The zero-order chi connectivity index (χ0) is 24.1. The number of ether oxygens (including phenoxy) is 2. The van der Waals surface area contributed by atoms with Gasteiger partial charge in [-0.1, -0.05) is 12.1 Å². The molecule has 0 spiro atoms. The zero-order valence-electron chi connectivity index (χ0n) is 18.7. The molecule has 0 radical (unpaired) electrons. The van der Waals surface area contributed by atoms with Gasteiger partial charge in [0.1, 0.15) is 12.1 Å². The van der Waals surface area contributed by atoms with Crippen molar-refractivity contribution >= 4 is 17.9 Å². The van der Waals surface area contributed by atoms with Gasteiger partial charge >= 0.3 is 5.69 Å². The summed E-state index contributed by atoms with van der Waals surface area (Å²) >= 11 is 0. The molecule has 0 saturated carbocycles. The highest BCUT2D eigenvalue weighted by atomic mass is 19.1. The summed E-state index contributed by atoms with van der Waals surface area (Å²) < 4.78 is 23.8. The first-order valence-electron chi connectivity index (χ1n) is 10.5. The lowest BCUT2D eigenvalue weighted by Gasteiger charge is -2.44. The van der Waals surface area contributed by atoms with Crippen LogP contribution in [0, 0.1) is 15.9 Å².